The first-order chi connectivity index (χ1) is 5.07. The third-order valence-electron chi connectivity index (χ3n) is 1.68. The zero-order chi connectivity index (χ0) is 8.85. The molecule has 0 saturated heterocycles. The lowest BCUT2D eigenvalue weighted by Crippen LogP contribution is -2.15. The molecule has 0 fully saturated rings. The van der Waals surface area contributed by atoms with Crippen LogP contribution < -0.4 is 0 Å². The van der Waals surface area contributed by atoms with Gasteiger partial charge in [-0.15, -0.1) is 0 Å². The van der Waals surface area contributed by atoms with Crippen LogP contribution in [0.2, 0.25) is 0 Å². The third kappa shape index (κ3) is 4.82. The predicted molar refractivity (Wildman–Crippen MR) is 45.3 cm³/mol. The van der Waals surface area contributed by atoms with Crippen molar-refractivity contribution in [3.05, 3.63) is 0 Å². The molecule has 2 heteroatoms. The predicted octanol–water partition coefficient (Wildman–Crippen LogP) is 2.23. The van der Waals surface area contributed by atoms with Gasteiger partial charge in [0.2, 0.25) is 0 Å². The van der Waals surface area contributed by atoms with Crippen LogP contribution in [0.1, 0.15) is 34.1 Å². The molecule has 0 aromatic heterocycles. The van der Waals surface area contributed by atoms with E-state index in [0.717, 1.165) is 6.42 Å². The van der Waals surface area contributed by atoms with Gasteiger partial charge in [-0.2, -0.15) is 0 Å². The summed E-state index contributed by atoms with van der Waals surface area (Å²) >= 11 is 0. The minimum Gasteiger partial charge on any atom is -0.465 e. The van der Waals surface area contributed by atoms with Crippen molar-refractivity contribution in [3.8, 4) is 0 Å². The number of carbonyl (C=O) groups is 1. The van der Waals surface area contributed by atoms with Gasteiger partial charge < -0.3 is 4.74 Å². The minimum absolute atomic E-state index is 0.000874. The Bertz CT molecular complexity index is 119. The van der Waals surface area contributed by atoms with E-state index in [1.807, 2.05) is 13.8 Å². The Labute approximate surface area is 68.9 Å². The average molecular weight is 158 g/mol. The molecule has 0 rings (SSSR count). The van der Waals surface area contributed by atoms with Gasteiger partial charge in [0, 0.05) is 0 Å². The summed E-state index contributed by atoms with van der Waals surface area (Å²) < 4.78 is 5.02. The molecular weight excluding hydrogens is 140 g/mol. The second-order valence-electron chi connectivity index (χ2n) is 3.30. The maximum atomic E-state index is 10.9. The van der Waals surface area contributed by atoms with Crippen molar-refractivity contribution in [1.29, 1.82) is 0 Å². The number of hydrogen-bond acceptors (Lipinski definition) is 2. The first-order valence-corrected chi connectivity index (χ1v) is 4.24. The maximum Gasteiger partial charge on any atom is 0.308 e. The van der Waals surface area contributed by atoms with Crippen LogP contribution in [0.5, 0.6) is 0 Å². The highest BCUT2D eigenvalue weighted by atomic mass is 16.5. The highest BCUT2D eigenvalue weighted by molar-refractivity contribution is 5.71. The Hall–Kier alpha value is -0.530. The number of hydrogen-bond donors (Lipinski definition) is 0. The van der Waals surface area contributed by atoms with Gasteiger partial charge in [-0.05, 0) is 5.92 Å². The van der Waals surface area contributed by atoms with E-state index in [-0.39, 0.29) is 11.9 Å². The number of rotatable bonds is 4. The molecule has 66 valence electrons. The highest BCUT2D eigenvalue weighted by Crippen LogP contribution is 2.03. The van der Waals surface area contributed by atoms with Crippen molar-refractivity contribution in [2.24, 2.45) is 11.8 Å². The summed E-state index contributed by atoms with van der Waals surface area (Å²) in [5.41, 5.74) is 0. The SMILES string of the molecule is CC[C@H](C)COC(=O)C(C)C. The van der Waals surface area contributed by atoms with Crippen LogP contribution in [-0.2, 0) is 9.53 Å². The maximum absolute atomic E-state index is 10.9. The smallest absolute Gasteiger partial charge is 0.308 e. The number of ether oxygens (including phenoxy) is 1. The van der Waals surface area contributed by atoms with Crippen molar-refractivity contribution in [2.45, 2.75) is 34.1 Å². The average Bonchev–Trinajstić information content (AvgIpc) is 1.99. The van der Waals surface area contributed by atoms with Crippen LogP contribution in [0.25, 0.3) is 0 Å². The van der Waals surface area contributed by atoms with Crippen molar-refractivity contribution < 1.29 is 9.53 Å². The van der Waals surface area contributed by atoms with Gasteiger partial charge in [-0.3, -0.25) is 4.79 Å². The summed E-state index contributed by atoms with van der Waals surface area (Å²) in [6.45, 7) is 8.42. The number of esters is 1. The van der Waals surface area contributed by atoms with Gasteiger partial charge in [-0.25, -0.2) is 0 Å². The Morgan fingerprint density at radius 3 is 2.27 bits per heavy atom. The van der Waals surface area contributed by atoms with Gasteiger partial charge in [-0.1, -0.05) is 34.1 Å². The van der Waals surface area contributed by atoms with E-state index in [4.69, 9.17) is 4.74 Å². The molecule has 0 spiro atoms. The summed E-state index contributed by atoms with van der Waals surface area (Å²) in [5.74, 6) is 0.391. The largest absolute Gasteiger partial charge is 0.465 e. The van der Waals surface area contributed by atoms with Crippen LogP contribution in [0, 0.1) is 11.8 Å². The first-order valence-electron chi connectivity index (χ1n) is 4.24. The van der Waals surface area contributed by atoms with Crippen LogP contribution in [-0.4, -0.2) is 12.6 Å². The molecule has 0 N–H and O–H groups in total. The van der Waals surface area contributed by atoms with Crippen molar-refractivity contribution in [2.75, 3.05) is 6.61 Å². The van der Waals surface area contributed by atoms with E-state index in [0.29, 0.717) is 12.5 Å². The lowest BCUT2D eigenvalue weighted by atomic mass is 10.1. The Balaban J connectivity index is 3.46. The molecular formula is C9H18O2. The Morgan fingerprint density at radius 2 is 1.91 bits per heavy atom. The third-order valence-corrected chi connectivity index (χ3v) is 1.68. The first kappa shape index (κ1) is 10.5. The molecule has 0 aromatic carbocycles. The van der Waals surface area contributed by atoms with E-state index < -0.39 is 0 Å². The van der Waals surface area contributed by atoms with Gasteiger partial charge in [0.05, 0.1) is 12.5 Å². The second kappa shape index (κ2) is 5.16. The lowest BCUT2D eigenvalue weighted by Gasteiger charge is -2.10. The summed E-state index contributed by atoms with van der Waals surface area (Å²) in [7, 11) is 0. The minimum atomic E-state index is -0.0923. The molecule has 0 amide bonds. The van der Waals surface area contributed by atoms with E-state index in [2.05, 4.69) is 13.8 Å². The molecule has 0 aliphatic rings. The van der Waals surface area contributed by atoms with Crippen LogP contribution in [0.15, 0.2) is 0 Å². The van der Waals surface area contributed by atoms with E-state index in [9.17, 15) is 4.79 Å². The topological polar surface area (TPSA) is 26.3 Å². The van der Waals surface area contributed by atoms with E-state index >= 15 is 0 Å². The summed E-state index contributed by atoms with van der Waals surface area (Å²) in [5, 5.41) is 0. The van der Waals surface area contributed by atoms with Gasteiger partial charge in [0.25, 0.3) is 0 Å². The monoisotopic (exact) mass is 158 g/mol. The second-order valence-corrected chi connectivity index (χ2v) is 3.30. The van der Waals surface area contributed by atoms with Crippen molar-refractivity contribution >= 4 is 5.97 Å². The summed E-state index contributed by atoms with van der Waals surface area (Å²) in [6, 6.07) is 0. The molecule has 11 heavy (non-hydrogen) atoms. The van der Waals surface area contributed by atoms with Crippen LogP contribution >= 0.6 is 0 Å². The van der Waals surface area contributed by atoms with Gasteiger partial charge in [0.15, 0.2) is 0 Å². The zero-order valence-corrected chi connectivity index (χ0v) is 7.89. The molecule has 0 aromatic rings. The molecule has 1 atom stereocenters. The Kier molecular flexibility index (Phi) is 4.92. The lowest BCUT2D eigenvalue weighted by molar-refractivity contribution is -0.148. The molecule has 0 saturated carbocycles. The number of carbonyl (C=O) groups excluding carboxylic acids is 1. The van der Waals surface area contributed by atoms with E-state index in [1.165, 1.54) is 0 Å². The zero-order valence-electron chi connectivity index (χ0n) is 7.89. The molecule has 2 nitrogen and oxygen atoms in total. The summed E-state index contributed by atoms with van der Waals surface area (Å²) in [6.07, 6.45) is 1.06. The molecule has 0 aliphatic heterocycles. The summed E-state index contributed by atoms with van der Waals surface area (Å²) in [4.78, 5) is 10.9. The fourth-order valence-electron chi connectivity index (χ4n) is 0.509. The van der Waals surface area contributed by atoms with Gasteiger partial charge in [0.1, 0.15) is 0 Å². The molecule has 0 heterocycles. The molecule has 0 bridgehead atoms. The molecule has 0 unspecified atom stereocenters. The van der Waals surface area contributed by atoms with Crippen LogP contribution in [0.4, 0.5) is 0 Å². The highest BCUT2D eigenvalue weighted by Gasteiger charge is 2.09. The van der Waals surface area contributed by atoms with E-state index in [1.54, 1.807) is 0 Å². The van der Waals surface area contributed by atoms with Crippen molar-refractivity contribution in [1.82, 2.24) is 0 Å². The van der Waals surface area contributed by atoms with Crippen LogP contribution in [0.3, 0.4) is 0 Å². The van der Waals surface area contributed by atoms with Crippen molar-refractivity contribution in [3.63, 3.8) is 0 Å². The fourth-order valence-corrected chi connectivity index (χ4v) is 0.509. The quantitative estimate of drug-likeness (QED) is 0.586. The fraction of sp³-hybridized carbons (Fsp3) is 0.889. The molecule has 0 aliphatic carbocycles. The standard InChI is InChI=1S/C9H18O2/c1-5-8(4)6-11-9(10)7(2)3/h7-8H,5-6H2,1-4H3/t8-/m0/s1. The molecule has 0 radical (unpaired) electrons. The van der Waals surface area contributed by atoms with Gasteiger partial charge >= 0.3 is 5.97 Å². The normalized spacial score (nSPS) is 13.2. The Morgan fingerprint density at radius 1 is 1.36 bits per heavy atom.